The van der Waals surface area contributed by atoms with Crippen LogP contribution in [0.25, 0.3) is 0 Å². The fourth-order valence-electron chi connectivity index (χ4n) is 1.89. The summed E-state index contributed by atoms with van der Waals surface area (Å²) in [5.41, 5.74) is 0. The molecule has 0 spiro atoms. The molecule has 4 nitrogen and oxygen atoms in total. The van der Waals surface area contributed by atoms with Gasteiger partial charge in [-0.25, -0.2) is 15.0 Å². The van der Waals surface area contributed by atoms with E-state index in [0.717, 1.165) is 39.1 Å². The molecule has 0 atom stereocenters. The Morgan fingerprint density at radius 1 is 1.29 bits per heavy atom. The lowest BCUT2D eigenvalue weighted by Gasteiger charge is -2.08. The van der Waals surface area contributed by atoms with Crippen molar-refractivity contribution >= 4 is 33.5 Å². The molecule has 1 aliphatic rings. The summed E-state index contributed by atoms with van der Waals surface area (Å²) in [6.07, 6.45) is 5.30. The molecular formula is C15H17BrN4S. The van der Waals surface area contributed by atoms with Crippen LogP contribution in [-0.4, -0.2) is 21.5 Å². The topological polar surface area (TPSA) is 50.7 Å². The third-order valence-electron chi connectivity index (χ3n) is 3.13. The van der Waals surface area contributed by atoms with Gasteiger partial charge in [-0.3, -0.25) is 0 Å². The number of nitrogens with zero attached hydrogens (tertiary/aromatic N) is 3. The predicted molar refractivity (Wildman–Crippen MR) is 88.8 cm³/mol. The molecule has 2 aromatic rings. The molecule has 110 valence electrons. The van der Waals surface area contributed by atoms with Gasteiger partial charge in [0.2, 0.25) is 0 Å². The summed E-state index contributed by atoms with van der Waals surface area (Å²) in [6, 6.07) is 6.00. The molecule has 2 heterocycles. The van der Waals surface area contributed by atoms with E-state index < -0.39 is 0 Å². The van der Waals surface area contributed by atoms with Crippen molar-refractivity contribution in [2.45, 2.75) is 42.2 Å². The maximum atomic E-state index is 4.68. The first-order valence-corrected chi connectivity index (χ1v) is 8.78. The highest BCUT2D eigenvalue weighted by atomic mass is 79.9. The van der Waals surface area contributed by atoms with Crippen LogP contribution in [0.3, 0.4) is 0 Å². The predicted octanol–water partition coefficient (Wildman–Crippen LogP) is 4.48. The molecule has 0 unspecified atom stereocenters. The molecule has 1 fully saturated rings. The summed E-state index contributed by atoms with van der Waals surface area (Å²) in [4.78, 5) is 13.7. The first kappa shape index (κ1) is 14.8. The van der Waals surface area contributed by atoms with Crippen molar-refractivity contribution in [3.05, 3.63) is 34.7 Å². The zero-order chi connectivity index (χ0) is 14.7. The molecule has 0 bridgehead atoms. The number of anilines is 1. The molecule has 0 amide bonds. The van der Waals surface area contributed by atoms with Crippen LogP contribution in [0.15, 0.2) is 38.9 Å². The molecule has 0 aliphatic heterocycles. The van der Waals surface area contributed by atoms with E-state index in [-0.39, 0.29) is 0 Å². The standard InChI is InChI=1S/C15H17BrN4S/c1-2-7-17-12-8-14(20-15(19-12)10-3-4-10)21-13-6-5-11(16)9-18-13/h5-6,8-10H,2-4,7H2,1H3,(H,17,19,20). The van der Waals surface area contributed by atoms with Crippen LogP contribution in [0.1, 0.15) is 37.9 Å². The van der Waals surface area contributed by atoms with Crippen molar-refractivity contribution in [2.24, 2.45) is 0 Å². The fourth-order valence-corrected chi connectivity index (χ4v) is 2.89. The third kappa shape index (κ3) is 4.17. The lowest BCUT2D eigenvalue weighted by Crippen LogP contribution is -2.05. The van der Waals surface area contributed by atoms with Crippen LogP contribution in [0, 0.1) is 0 Å². The minimum Gasteiger partial charge on any atom is -0.370 e. The molecule has 6 heteroatoms. The van der Waals surface area contributed by atoms with Crippen LogP contribution < -0.4 is 5.32 Å². The summed E-state index contributed by atoms with van der Waals surface area (Å²) in [5.74, 6) is 2.44. The van der Waals surface area contributed by atoms with Crippen LogP contribution >= 0.6 is 27.7 Å². The summed E-state index contributed by atoms with van der Waals surface area (Å²) in [5, 5.41) is 5.26. The van der Waals surface area contributed by atoms with Crippen LogP contribution in [-0.2, 0) is 0 Å². The van der Waals surface area contributed by atoms with E-state index >= 15 is 0 Å². The normalized spacial score (nSPS) is 14.2. The van der Waals surface area contributed by atoms with Gasteiger partial charge < -0.3 is 5.32 Å². The monoisotopic (exact) mass is 364 g/mol. The van der Waals surface area contributed by atoms with Gasteiger partial charge in [-0.05, 0) is 59.1 Å². The van der Waals surface area contributed by atoms with Gasteiger partial charge in [0.15, 0.2) is 0 Å². The van der Waals surface area contributed by atoms with E-state index in [9.17, 15) is 0 Å². The van der Waals surface area contributed by atoms with Crippen molar-refractivity contribution in [3.8, 4) is 0 Å². The van der Waals surface area contributed by atoms with Crippen molar-refractivity contribution in [2.75, 3.05) is 11.9 Å². The Balaban J connectivity index is 1.82. The molecule has 0 aromatic carbocycles. The minimum atomic E-state index is 0.547. The van der Waals surface area contributed by atoms with Gasteiger partial charge in [0.1, 0.15) is 21.7 Å². The number of nitrogens with one attached hydrogen (secondary N) is 1. The SMILES string of the molecule is CCCNc1cc(Sc2ccc(Br)cn2)nc(C2CC2)n1. The number of halogens is 1. The Bertz CT molecular complexity index is 614. The van der Waals surface area contributed by atoms with E-state index in [4.69, 9.17) is 0 Å². The van der Waals surface area contributed by atoms with Crippen molar-refractivity contribution < 1.29 is 0 Å². The zero-order valence-corrected chi connectivity index (χ0v) is 14.2. The smallest absolute Gasteiger partial charge is 0.135 e. The molecule has 3 rings (SSSR count). The van der Waals surface area contributed by atoms with E-state index in [1.807, 2.05) is 24.4 Å². The Labute approximate surface area is 137 Å². The van der Waals surface area contributed by atoms with Crippen LogP contribution in [0.2, 0.25) is 0 Å². The third-order valence-corrected chi connectivity index (χ3v) is 4.47. The molecule has 0 saturated heterocycles. The highest BCUT2D eigenvalue weighted by molar-refractivity contribution is 9.10. The largest absolute Gasteiger partial charge is 0.370 e. The Kier molecular flexibility index (Phi) is 4.75. The second-order valence-corrected chi connectivity index (χ2v) is 7.02. The molecular weight excluding hydrogens is 348 g/mol. The number of hydrogen-bond acceptors (Lipinski definition) is 5. The molecule has 1 N–H and O–H groups in total. The van der Waals surface area contributed by atoms with Crippen molar-refractivity contribution in [1.82, 2.24) is 15.0 Å². The second-order valence-electron chi connectivity index (χ2n) is 5.07. The number of rotatable bonds is 6. The van der Waals surface area contributed by atoms with Crippen LogP contribution in [0.4, 0.5) is 5.82 Å². The highest BCUT2D eigenvalue weighted by Gasteiger charge is 2.27. The lowest BCUT2D eigenvalue weighted by molar-refractivity contribution is 0.867. The first-order valence-electron chi connectivity index (χ1n) is 7.17. The van der Waals surface area contributed by atoms with Crippen molar-refractivity contribution in [3.63, 3.8) is 0 Å². The summed E-state index contributed by atoms with van der Waals surface area (Å²) < 4.78 is 0.985. The number of hydrogen-bond donors (Lipinski definition) is 1. The summed E-state index contributed by atoms with van der Waals surface area (Å²) in [7, 11) is 0. The van der Waals surface area contributed by atoms with Gasteiger partial charge in [0, 0.05) is 29.2 Å². The Hall–Kier alpha value is -1.14. The summed E-state index contributed by atoms with van der Waals surface area (Å²) >= 11 is 4.98. The minimum absolute atomic E-state index is 0.547. The van der Waals surface area contributed by atoms with Gasteiger partial charge >= 0.3 is 0 Å². The zero-order valence-electron chi connectivity index (χ0n) is 11.8. The molecule has 0 radical (unpaired) electrons. The average Bonchev–Trinajstić information content (AvgIpc) is 3.32. The van der Waals surface area contributed by atoms with Crippen molar-refractivity contribution in [1.29, 1.82) is 0 Å². The first-order chi connectivity index (χ1) is 10.2. The van der Waals surface area contributed by atoms with Gasteiger partial charge in [0.05, 0.1) is 0 Å². The molecule has 1 aliphatic carbocycles. The Morgan fingerprint density at radius 3 is 2.81 bits per heavy atom. The number of pyridine rings is 1. The molecule has 2 aromatic heterocycles. The second kappa shape index (κ2) is 6.75. The molecule has 1 saturated carbocycles. The Morgan fingerprint density at radius 2 is 2.14 bits per heavy atom. The van der Waals surface area contributed by atoms with E-state index in [2.05, 4.69) is 43.1 Å². The van der Waals surface area contributed by atoms with E-state index in [0.29, 0.717) is 5.92 Å². The molecule has 21 heavy (non-hydrogen) atoms. The lowest BCUT2D eigenvalue weighted by atomic mass is 10.4. The maximum Gasteiger partial charge on any atom is 0.135 e. The fraction of sp³-hybridized carbons (Fsp3) is 0.400. The summed E-state index contributed by atoms with van der Waals surface area (Å²) in [6.45, 7) is 3.08. The maximum absolute atomic E-state index is 4.68. The van der Waals surface area contributed by atoms with E-state index in [1.54, 1.807) is 11.8 Å². The van der Waals surface area contributed by atoms with E-state index in [1.165, 1.54) is 12.8 Å². The highest BCUT2D eigenvalue weighted by Crippen LogP contribution is 2.39. The van der Waals surface area contributed by atoms with Gasteiger partial charge in [-0.15, -0.1) is 0 Å². The van der Waals surface area contributed by atoms with Gasteiger partial charge in [-0.1, -0.05) is 6.92 Å². The average molecular weight is 365 g/mol. The van der Waals surface area contributed by atoms with Gasteiger partial charge in [0.25, 0.3) is 0 Å². The number of aromatic nitrogens is 3. The quantitative estimate of drug-likeness (QED) is 0.765. The van der Waals surface area contributed by atoms with Crippen LogP contribution in [0.5, 0.6) is 0 Å². The van der Waals surface area contributed by atoms with Gasteiger partial charge in [-0.2, -0.15) is 0 Å².